The van der Waals surface area contributed by atoms with Gasteiger partial charge in [0.2, 0.25) is 0 Å². The Balaban J connectivity index is 3.05. The van der Waals surface area contributed by atoms with E-state index in [4.69, 9.17) is 4.74 Å². The molecule has 0 aromatic rings. The number of ether oxygens (including phenoxy) is 1. The lowest BCUT2D eigenvalue weighted by molar-refractivity contribution is 0.120. The van der Waals surface area contributed by atoms with Crippen LogP contribution in [0.3, 0.4) is 0 Å². The van der Waals surface area contributed by atoms with E-state index in [1.807, 2.05) is 0 Å². The van der Waals surface area contributed by atoms with Gasteiger partial charge in [0.15, 0.2) is 0 Å². The van der Waals surface area contributed by atoms with Gasteiger partial charge in [-0.3, -0.25) is 0 Å². The highest BCUT2D eigenvalue weighted by atomic mass is 79.9. The van der Waals surface area contributed by atoms with Crippen LogP contribution in [0.25, 0.3) is 0 Å². The number of rotatable bonds is 9. The van der Waals surface area contributed by atoms with Gasteiger partial charge < -0.3 is 4.74 Å². The highest BCUT2D eigenvalue weighted by Gasteiger charge is 2.01. The number of alkyl halides is 1. The molecule has 1 unspecified atom stereocenters. The Kier molecular flexibility index (Phi) is 10.3. The number of hydrogen-bond acceptors (Lipinski definition) is 1. The molecule has 0 heterocycles. The molecule has 0 fully saturated rings. The molecule has 0 bridgehead atoms. The van der Waals surface area contributed by atoms with Crippen molar-refractivity contribution in [3.05, 3.63) is 0 Å². The molecule has 0 aliphatic rings. The molecule has 0 amide bonds. The maximum Gasteiger partial charge on any atom is 0.0468 e. The van der Waals surface area contributed by atoms with E-state index >= 15 is 0 Å². The van der Waals surface area contributed by atoms with Crippen LogP contribution in [-0.4, -0.2) is 18.0 Å². The lowest BCUT2D eigenvalue weighted by atomic mass is 10.1. The minimum absolute atomic E-state index is 0.696. The Bertz CT molecular complexity index is 115. The molecular weight excluding hydrogens is 240 g/mol. The molecule has 0 N–H and O–H groups in total. The standard InChI is InChI=1S/C12H25BrO/c1-4-6-12(13)7-5-9-14-10-8-11(2)3/h11-12H,4-10H2,1-3H3. The van der Waals surface area contributed by atoms with Crippen molar-refractivity contribution in [1.82, 2.24) is 0 Å². The molecule has 0 radical (unpaired) electrons. The minimum atomic E-state index is 0.696. The third-order valence-electron chi connectivity index (χ3n) is 2.25. The molecule has 0 aliphatic carbocycles. The Morgan fingerprint density at radius 3 is 2.36 bits per heavy atom. The molecular formula is C12H25BrO. The van der Waals surface area contributed by atoms with Gasteiger partial charge in [-0.15, -0.1) is 0 Å². The predicted octanol–water partition coefficient (Wildman–Crippen LogP) is 4.39. The van der Waals surface area contributed by atoms with Gasteiger partial charge in [0.25, 0.3) is 0 Å². The molecule has 0 aromatic carbocycles. The fraction of sp³-hybridized carbons (Fsp3) is 1.00. The summed E-state index contributed by atoms with van der Waals surface area (Å²) < 4.78 is 5.55. The molecule has 1 nitrogen and oxygen atoms in total. The smallest absolute Gasteiger partial charge is 0.0468 e. The van der Waals surface area contributed by atoms with Crippen molar-refractivity contribution in [1.29, 1.82) is 0 Å². The third-order valence-corrected chi connectivity index (χ3v) is 3.16. The topological polar surface area (TPSA) is 9.23 Å². The summed E-state index contributed by atoms with van der Waals surface area (Å²) in [6, 6.07) is 0. The average molecular weight is 265 g/mol. The predicted molar refractivity (Wildman–Crippen MR) is 67.1 cm³/mol. The maximum absolute atomic E-state index is 5.55. The molecule has 0 aliphatic heterocycles. The summed E-state index contributed by atoms with van der Waals surface area (Å²) in [4.78, 5) is 0.696. The van der Waals surface area contributed by atoms with E-state index in [1.54, 1.807) is 0 Å². The van der Waals surface area contributed by atoms with Gasteiger partial charge in [0.05, 0.1) is 0 Å². The lowest BCUT2D eigenvalue weighted by Crippen LogP contribution is -2.03. The summed E-state index contributed by atoms with van der Waals surface area (Å²) in [6.45, 7) is 8.56. The monoisotopic (exact) mass is 264 g/mol. The molecule has 0 saturated heterocycles. The fourth-order valence-electron chi connectivity index (χ4n) is 1.29. The molecule has 14 heavy (non-hydrogen) atoms. The van der Waals surface area contributed by atoms with E-state index in [1.165, 1.54) is 32.1 Å². The largest absolute Gasteiger partial charge is 0.381 e. The summed E-state index contributed by atoms with van der Waals surface area (Å²) in [5, 5.41) is 0. The SMILES string of the molecule is CCCC(Br)CCCOCCC(C)C. The van der Waals surface area contributed by atoms with Crippen molar-refractivity contribution in [2.45, 2.75) is 57.7 Å². The van der Waals surface area contributed by atoms with Crippen LogP contribution in [0.1, 0.15) is 52.9 Å². The summed E-state index contributed by atoms with van der Waals surface area (Å²) in [5.74, 6) is 0.763. The lowest BCUT2D eigenvalue weighted by Gasteiger charge is -2.09. The average Bonchev–Trinajstić information content (AvgIpc) is 2.11. The van der Waals surface area contributed by atoms with Crippen LogP contribution in [0.4, 0.5) is 0 Å². The van der Waals surface area contributed by atoms with Gasteiger partial charge in [-0.2, -0.15) is 0 Å². The Morgan fingerprint density at radius 1 is 1.07 bits per heavy atom. The van der Waals surface area contributed by atoms with Crippen molar-refractivity contribution in [2.24, 2.45) is 5.92 Å². The van der Waals surface area contributed by atoms with E-state index in [0.717, 1.165) is 19.1 Å². The van der Waals surface area contributed by atoms with Gasteiger partial charge in [-0.25, -0.2) is 0 Å². The van der Waals surface area contributed by atoms with Crippen LogP contribution in [0.15, 0.2) is 0 Å². The summed E-state index contributed by atoms with van der Waals surface area (Å²) in [5.41, 5.74) is 0. The van der Waals surface area contributed by atoms with Crippen LogP contribution in [0, 0.1) is 5.92 Å². The first-order valence-corrected chi connectivity index (χ1v) is 6.80. The first-order valence-electron chi connectivity index (χ1n) is 5.88. The second-order valence-electron chi connectivity index (χ2n) is 4.32. The number of halogens is 1. The molecule has 86 valence electrons. The molecule has 0 rings (SSSR count). The first-order chi connectivity index (χ1) is 6.66. The third kappa shape index (κ3) is 10.5. The molecule has 2 heteroatoms. The van der Waals surface area contributed by atoms with Gasteiger partial charge in [0, 0.05) is 18.0 Å². The summed E-state index contributed by atoms with van der Waals surface area (Å²) >= 11 is 3.67. The van der Waals surface area contributed by atoms with Crippen LogP contribution in [-0.2, 0) is 4.74 Å². The van der Waals surface area contributed by atoms with E-state index in [9.17, 15) is 0 Å². The van der Waals surface area contributed by atoms with Gasteiger partial charge >= 0.3 is 0 Å². The molecule has 1 atom stereocenters. The quantitative estimate of drug-likeness (QED) is 0.443. The first kappa shape index (κ1) is 14.4. The van der Waals surface area contributed by atoms with Crippen LogP contribution >= 0.6 is 15.9 Å². The van der Waals surface area contributed by atoms with Crippen LogP contribution in [0.5, 0.6) is 0 Å². The van der Waals surface area contributed by atoms with Gasteiger partial charge in [-0.1, -0.05) is 43.1 Å². The number of hydrogen-bond donors (Lipinski definition) is 0. The van der Waals surface area contributed by atoms with Crippen molar-refractivity contribution >= 4 is 15.9 Å². The zero-order valence-electron chi connectivity index (χ0n) is 9.89. The van der Waals surface area contributed by atoms with Crippen LogP contribution < -0.4 is 0 Å². The Labute approximate surface area is 97.7 Å². The Hall–Kier alpha value is 0.440. The zero-order valence-corrected chi connectivity index (χ0v) is 11.5. The van der Waals surface area contributed by atoms with Crippen LogP contribution in [0.2, 0.25) is 0 Å². The van der Waals surface area contributed by atoms with E-state index in [2.05, 4.69) is 36.7 Å². The Morgan fingerprint density at radius 2 is 1.79 bits per heavy atom. The normalized spacial score (nSPS) is 13.5. The van der Waals surface area contributed by atoms with Gasteiger partial charge in [-0.05, 0) is 31.6 Å². The van der Waals surface area contributed by atoms with E-state index in [-0.39, 0.29) is 0 Å². The second kappa shape index (κ2) is 9.97. The summed E-state index contributed by atoms with van der Waals surface area (Å²) in [6.07, 6.45) is 6.17. The second-order valence-corrected chi connectivity index (χ2v) is 5.62. The van der Waals surface area contributed by atoms with E-state index in [0.29, 0.717) is 4.83 Å². The van der Waals surface area contributed by atoms with Crippen molar-refractivity contribution < 1.29 is 4.74 Å². The molecule has 0 spiro atoms. The summed E-state index contributed by atoms with van der Waals surface area (Å²) in [7, 11) is 0. The highest BCUT2D eigenvalue weighted by molar-refractivity contribution is 9.09. The van der Waals surface area contributed by atoms with Crippen molar-refractivity contribution in [2.75, 3.05) is 13.2 Å². The molecule has 0 saturated carbocycles. The van der Waals surface area contributed by atoms with Crippen molar-refractivity contribution in [3.63, 3.8) is 0 Å². The maximum atomic E-state index is 5.55. The minimum Gasteiger partial charge on any atom is -0.381 e. The highest BCUT2D eigenvalue weighted by Crippen LogP contribution is 2.14. The van der Waals surface area contributed by atoms with E-state index < -0.39 is 0 Å². The molecule has 0 aromatic heterocycles. The van der Waals surface area contributed by atoms with Crippen molar-refractivity contribution in [3.8, 4) is 0 Å². The van der Waals surface area contributed by atoms with Gasteiger partial charge in [0.1, 0.15) is 0 Å². The zero-order chi connectivity index (χ0) is 10.8. The fourth-order valence-corrected chi connectivity index (χ4v) is 2.07.